The number of carbonyl (C=O) groups excluding carboxylic acids is 5. The molecule has 2 fully saturated rings. The fourth-order valence-corrected chi connectivity index (χ4v) is 8.50. The van der Waals surface area contributed by atoms with Crippen LogP contribution in [-0.4, -0.2) is 130 Å². The molecule has 2 aliphatic rings. The molecule has 0 radical (unpaired) electrons. The van der Waals surface area contributed by atoms with Crippen LogP contribution in [0.25, 0.3) is 21.8 Å². The molecule has 4 heterocycles. The van der Waals surface area contributed by atoms with Gasteiger partial charge in [0.05, 0.1) is 30.4 Å². The number of ether oxygens (including phenoxy) is 3. The van der Waals surface area contributed by atoms with Crippen molar-refractivity contribution in [2.45, 2.75) is 136 Å². The van der Waals surface area contributed by atoms with Crippen LogP contribution in [0.5, 0.6) is 0 Å². The monoisotopic (exact) mass is 908 g/mol. The molecule has 10 atom stereocenters. The molecule has 2 saturated heterocycles. The fraction of sp³-hybridized carbons (Fsp3) is 0.562. The Kier molecular flexibility index (Phi) is 17.7. The number of fused-ring (bicyclic) bond motifs is 2. The number of esters is 1. The molecule has 0 aliphatic carbocycles. The van der Waals surface area contributed by atoms with E-state index in [0.717, 1.165) is 21.9 Å². The van der Waals surface area contributed by atoms with Crippen LogP contribution in [0.15, 0.2) is 48.8 Å². The SMILES string of the molecule is CC[C@@H](C)C(=O)N[C@H](C(=O)N1CC[C@H](O)[C@H]1Cc1c[nH]c2cc(F)ccc12)[C@@H](C)OC.CC[C@@H](C)C(=O)N[C@H](C(=O)N1CC[C@H](OC(C)=O)[C@H]1Cc1c[nH]c2cc(F)ccc12)[C@@H](C)OC. The van der Waals surface area contributed by atoms with Crippen molar-refractivity contribution >= 4 is 51.4 Å². The predicted molar refractivity (Wildman–Crippen MR) is 241 cm³/mol. The highest BCUT2D eigenvalue weighted by molar-refractivity contribution is 5.91. The van der Waals surface area contributed by atoms with Crippen molar-refractivity contribution in [3.63, 3.8) is 0 Å². The van der Waals surface area contributed by atoms with E-state index in [2.05, 4.69) is 20.6 Å². The second-order valence-corrected chi connectivity index (χ2v) is 17.4. The van der Waals surface area contributed by atoms with Gasteiger partial charge in [-0.05, 0) is 93.5 Å². The topological polar surface area (TPSA) is 195 Å². The number of hydrogen-bond acceptors (Lipinski definition) is 9. The molecule has 0 unspecified atom stereocenters. The van der Waals surface area contributed by atoms with Gasteiger partial charge in [0.15, 0.2) is 0 Å². The maximum atomic E-state index is 13.7. The maximum Gasteiger partial charge on any atom is 0.302 e. The first-order chi connectivity index (χ1) is 30.9. The summed E-state index contributed by atoms with van der Waals surface area (Å²) >= 11 is 0. The van der Waals surface area contributed by atoms with E-state index in [1.54, 1.807) is 48.2 Å². The van der Waals surface area contributed by atoms with Crippen LogP contribution < -0.4 is 10.6 Å². The average Bonchev–Trinajstić information content (AvgIpc) is 4.08. The van der Waals surface area contributed by atoms with Crippen molar-refractivity contribution in [1.82, 2.24) is 30.4 Å². The van der Waals surface area contributed by atoms with Gasteiger partial charge in [0.25, 0.3) is 0 Å². The first-order valence-corrected chi connectivity index (χ1v) is 22.6. The standard InChI is InChI=1S/C25H34FN3O5.C23H32FN3O4/c1-6-14(2)24(31)28-23(15(3)33-5)25(32)29-10-9-22(34-16(4)30)21(29)11-17-13-27-20-12-18(26)7-8-19(17)20;1-5-13(2)22(29)26-21(14(3)31-4)23(30)27-9-8-20(28)19(27)10-15-12-25-18-11-16(24)6-7-17(15)18/h7-8,12-15,21-23,27H,6,9-11H2,1-5H3,(H,28,31);6-7,11-14,19-21,25,28H,5,8-10H2,1-4H3,(H,26,29)/t14-,15-,21-,22+,23+;13-,14-,19-,20+,21+/m11/s1. The smallest absolute Gasteiger partial charge is 0.302 e. The lowest BCUT2D eigenvalue weighted by Gasteiger charge is -2.33. The Bertz CT molecular complexity index is 2280. The third-order valence-electron chi connectivity index (χ3n) is 13.1. The summed E-state index contributed by atoms with van der Waals surface area (Å²) in [5.41, 5.74) is 3.12. The number of halogens is 2. The van der Waals surface area contributed by atoms with Crippen molar-refractivity contribution in [3.05, 3.63) is 71.6 Å². The number of methoxy groups -OCH3 is 2. The number of aliphatic hydroxyl groups excluding tert-OH is 1. The molecule has 4 aromatic rings. The summed E-state index contributed by atoms with van der Waals surface area (Å²) in [5, 5.41) is 18.0. The van der Waals surface area contributed by atoms with Crippen molar-refractivity contribution in [2.24, 2.45) is 11.8 Å². The number of aromatic nitrogens is 2. The average molecular weight is 909 g/mol. The van der Waals surface area contributed by atoms with E-state index >= 15 is 0 Å². The molecule has 65 heavy (non-hydrogen) atoms. The summed E-state index contributed by atoms with van der Waals surface area (Å²) in [6.45, 7) is 13.1. The molecular formula is C48H66F2N6O9. The summed E-state index contributed by atoms with van der Waals surface area (Å²) in [4.78, 5) is 73.4. The number of benzene rings is 2. The molecule has 0 bridgehead atoms. The Balaban J connectivity index is 0.000000245. The Morgan fingerprint density at radius 1 is 0.723 bits per heavy atom. The first kappa shape index (κ1) is 50.6. The normalized spacial score (nSPS) is 21.2. The molecule has 15 nitrogen and oxygen atoms in total. The van der Waals surface area contributed by atoms with E-state index in [-0.39, 0.29) is 47.1 Å². The highest BCUT2D eigenvalue weighted by atomic mass is 19.1. The Labute approximate surface area is 379 Å². The molecule has 4 amide bonds. The van der Waals surface area contributed by atoms with Gasteiger partial charge in [0.2, 0.25) is 23.6 Å². The third kappa shape index (κ3) is 12.1. The summed E-state index contributed by atoms with van der Waals surface area (Å²) in [6, 6.07) is 6.44. The van der Waals surface area contributed by atoms with E-state index in [9.17, 15) is 37.9 Å². The van der Waals surface area contributed by atoms with Crippen molar-refractivity contribution in [3.8, 4) is 0 Å². The number of H-pyrrole nitrogens is 2. The van der Waals surface area contributed by atoms with Gasteiger partial charge in [-0.15, -0.1) is 0 Å². The molecular weight excluding hydrogens is 843 g/mol. The maximum absolute atomic E-state index is 13.7. The van der Waals surface area contributed by atoms with E-state index in [0.29, 0.717) is 62.6 Å². The lowest BCUT2D eigenvalue weighted by atomic mass is 10.00. The van der Waals surface area contributed by atoms with E-state index in [1.807, 2.05) is 27.7 Å². The zero-order valence-corrected chi connectivity index (χ0v) is 38.9. The van der Waals surface area contributed by atoms with Gasteiger partial charge >= 0.3 is 5.97 Å². The second-order valence-electron chi connectivity index (χ2n) is 17.4. The molecule has 5 N–H and O–H groups in total. The summed E-state index contributed by atoms with van der Waals surface area (Å²) in [5.74, 6) is -2.50. The number of carbonyl (C=O) groups is 5. The number of likely N-dealkylation sites (tertiary alicyclic amines) is 2. The molecule has 2 aliphatic heterocycles. The highest BCUT2D eigenvalue weighted by Crippen LogP contribution is 2.30. The summed E-state index contributed by atoms with van der Waals surface area (Å²) in [6.07, 6.45) is 4.42. The van der Waals surface area contributed by atoms with E-state index < -0.39 is 54.6 Å². The first-order valence-electron chi connectivity index (χ1n) is 22.6. The third-order valence-corrected chi connectivity index (χ3v) is 13.1. The molecule has 0 saturated carbocycles. The predicted octanol–water partition coefficient (Wildman–Crippen LogP) is 5.33. The van der Waals surface area contributed by atoms with Gasteiger partial charge in [0, 0.05) is 86.7 Å². The van der Waals surface area contributed by atoms with E-state index in [1.165, 1.54) is 45.4 Å². The molecule has 2 aromatic heterocycles. The van der Waals surface area contributed by atoms with Crippen LogP contribution in [0.3, 0.4) is 0 Å². The van der Waals surface area contributed by atoms with Gasteiger partial charge in [-0.1, -0.05) is 27.7 Å². The number of rotatable bonds is 17. The Morgan fingerprint density at radius 2 is 1.15 bits per heavy atom. The molecule has 17 heteroatoms. The van der Waals surface area contributed by atoms with Gasteiger partial charge in [-0.25, -0.2) is 8.78 Å². The van der Waals surface area contributed by atoms with Crippen LogP contribution in [-0.2, 0) is 51.0 Å². The molecule has 6 rings (SSSR count). The minimum atomic E-state index is -0.873. The number of nitrogens with zero attached hydrogens (tertiary/aromatic N) is 2. The van der Waals surface area contributed by atoms with Crippen molar-refractivity contribution in [1.29, 1.82) is 0 Å². The van der Waals surface area contributed by atoms with E-state index in [4.69, 9.17) is 14.2 Å². The lowest BCUT2D eigenvalue weighted by molar-refractivity contribution is -0.150. The van der Waals surface area contributed by atoms with Crippen LogP contribution in [0.1, 0.15) is 85.3 Å². The van der Waals surface area contributed by atoms with Gasteiger partial charge < -0.3 is 49.7 Å². The lowest BCUT2D eigenvalue weighted by Crippen LogP contribution is -2.57. The number of aromatic amines is 2. The Morgan fingerprint density at radius 3 is 1.58 bits per heavy atom. The number of aliphatic hydroxyl groups is 1. The summed E-state index contributed by atoms with van der Waals surface area (Å²) < 4.78 is 43.5. The number of hydrogen-bond donors (Lipinski definition) is 5. The largest absolute Gasteiger partial charge is 0.460 e. The zero-order valence-electron chi connectivity index (χ0n) is 38.9. The van der Waals surface area contributed by atoms with Crippen molar-refractivity contribution < 1.29 is 52.1 Å². The Hall–Kier alpha value is -5.39. The van der Waals surface area contributed by atoms with Crippen LogP contribution in [0, 0.1) is 23.5 Å². The minimum absolute atomic E-state index is 0.195. The van der Waals surface area contributed by atoms with Crippen molar-refractivity contribution in [2.75, 3.05) is 27.3 Å². The minimum Gasteiger partial charge on any atom is -0.460 e. The number of nitrogens with one attached hydrogen (secondary N) is 4. The molecule has 2 aromatic carbocycles. The second kappa shape index (κ2) is 22.7. The van der Waals surface area contributed by atoms with Gasteiger partial charge in [0.1, 0.15) is 29.8 Å². The molecule has 0 spiro atoms. The summed E-state index contributed by atoms with van der Waals surface area (Å²) in [7, 11) is 3.00. The van der Waals surface area contributed by atoms with Gasteiger partial charge in [-0.3, -0.25) is 24.0 Å². The van der Waals surface area contributed by atoms with Gasteiger partial charge in [-0.2, -0.15) is 0 Å². The van der Waals surface area contributed by atoms with Crippen LogP contribution in [0.2, 0.25) is 0 Å². The molecule has 356 valence electrons. The van der Waals surface area contributed by atoms with Crippen LogP contribution in [0.4, 0.5) is 8.78 Å². The zero-order chi connectivity index (χ0) is 47.7. The highest BCUT2D eigenvalue weighted by Gasteiger charge is 2.44. The quantitative estimate of drug-likeness (QED) is 0.0872. The van der Waals surface area contributed by atoms with Crippen LogP contribution >= 0.6 is 0 Å². The number of amides is 4. The fourth-order valence-electron chi connectivity index (χ4n) is 8.50.